The lowest BCUT2D eigenvalue weighted by atomic mass is 9.77. The number of hydrogen-bond acceptors (Lipinski definition) is 3. The van der Waals surface area contributed by atoms with E-state index in [-0.39, 0.29) is 12.1 Å². The normalized spacial score (nSPS) is 20.4. The van der Waals surface area contributed by atoms with Crippen molar-refractivity contribution in [2.75, 3.05) is 12.3 Å². The number of nitrogens with two attached hydrogens (primary N) is 1. The molecule has 0 amide bonds. The number of anilines is 1. The molecule has 0 atom stereocenters. The zero-order valence-corrected chi connectivity index (χ0v) is 6.90. The largest absolute Gasteiger partial charge is 0.396 e. The van der Waals surface area contributed by atoms with Gasteiger partial charge >= 0.3 is 0 Å². The van der Waals surface area contributed by atoms with E-state index in [9.17, 15) is 5.11 Å². The van der Waals surface area contributed by atoms with E-state index in [0.29, 0.717) is 5.69 Å². The number of nitrogens with zero attached hydrogens (tertiary/aromatic N) is 2. The number of aliphatic hydroxyl groups excluding tert-OH is 1. The summed E-state index contributed by atoms with van der Waals surface area (Å²) in [5.41, 5.74) is 6.06. The summed E-state index contributed by atoms with van der Waals surface area (Å²) in [6.45, 7) is 0.161. The number of hydrogen-bond donors (Lipinski definition) is 2. The molecule has 1 aromatic rings. The minimum atomic E-state index is -0.141. The highest BCUT2D eigenvalue weighted by atomic mass is 16.3. The first-order valence-electron chi connectivity index (χ1n) is 4.18. The molecule has 0 spiro atoms. The second-order valence-corrected chi connectivity index (χ2v) is 3.45. The van der Waals surface area contributed by atoms with Crippen molar-refractivity contribution in [3.63, 3.8) is 0 Å². The van der Waals surface area contributed by atoms with Crippen LogP contribution < -0.4 is 5.73 Å². The van der Waals surface area contributed by atoms with Crippen molar-refractivity contribution in [1.82, 2.24) is 9.78 Å². The van der Waals surface area contributed by atoms with E-state index in [1.54, 1.807) is 17.1 Å². The summed E-state index contributed by atoms with van der Waals surface area (Å²) in [6, 6.07) is 0. The van der Waals surface area contributed by atoms with Crippen LogP contribution in [0, 0.1) is 0 Å². The monoisotopic (exact) mass is 167 g/mol. The number of nitrogen functional groups attached to an aromatic ring is 1. The zero-order chi connectivity index (χ0) is 8.60. The van der Waals surface area contributed by atoms with Crippen LogP contribution in [0.2, 0.25) is 0 Å². The van der Waals surface area contributed by atoms with Gasteiger partial charge in [-0.2, -0.15) is 5.10 Å². The Hall–Kier alpha value is -1.03. The van der Waals surface area contributed by atoms with Gasteiger partial charge < -0.3 is 10.8 Å². The maximum Gasteiger partial charge on any atom is 0.0858 e. The Kier molecular flexibility index (Phi) is 1.58. The Morgan fingerprint density at radius 1 is 1.67 bits per heavy atom. The van der Waals surface area contributed by atoms with Gasteiger partial charge in [0.1, 0.15) is 0 Å². The van der Waals surface area contributed by atoms with E-state index in [2.05, 4.69) is 5.10 Å². The third kappa shape index (κ3) is 0.914. The van der Waals surface area contributed by atoms with Crippen LogP contribution in [0.3, 0.4) is 0 Å². The smallest absolute Gasteiger partial charge is 0.0858 e. The maximum atomic E-state index is 9.20. The van der Waals surface area contributed by atoms with Crippen molar-refractivity contribution in [2.45, 2.75) is 24.8 Å². The van der Waals surface area contributed by atoms with Crippen molar-refractivity contribution in [1.29, 1.82) is 0 Å². The maximum absolute atomic E-state index is 9.20. The van der Waals surface area contributed by atoms with Gasteiger partial charge in [0.25, 0.3) is 0 Å². The third-order valence-electron chi connectivity index (χ3n) is 2.67. The van der Waals surface area contributed by atoms with Gasteiger partial charge in [0.2, 0.25) is 0 Å². The Labute approximate surface area is 71.0 Å². The Bertz CT molecular complexity index is 272. The summed E-state index contributed by atoms with van der Waals surface area (Å²) in [6.07, 6.45) is 6.58. The van der Waals surface area contributed by atoms with Crippen LogP contribution in [0.4, 0.5) is 5.69 Å². The quantitative estimate of drug-likeness (QED) is 0.667. The highest BCUT2D eigenvalue weighted by molar-refractivity contribution is 5.31. The molecule has 0 radical (unpaired) electrons. The molecule has 12 heavy (non-hydrogen) atoms. The molecule has 1 fully saturated rings. The Morgan fingerprint density at radius 2 is 2.42 bits per heavy atom. The molecule has 2 rings (SSSR count). The lowest BCUT2D eigenvalue weighted by Crippen LogP contribution is -2.44. The second kappa shape index (κ2) is 2.48. The highest BCUT2D eigenvalue weighted by Gasteiger charge is 2.38. The fraction of sp³-hybridized carbons (Fsp3) is 0.625. The molecular weight excluding hydrogens is 154 g/mol. The van der Waals surface area contributed by atoms with Crippen molar-refractivity contribution >= 4 is 5.69 Å². The van der Waals surface area contributed by atoms with E-state index >= 15 is 0 Å². The van der Waals surface area contributed by atoms with Crippen molar-refractivity contribution in [3.8, 4) is 0 Å². The van der Waals surface area contributed by atoms with E-state index in [1.165, 1.54) is 6.42 Å². The van der Waals surface area contributed by atoms with Gasteiger partial charge in [0.15, 0.2) is 0 Å². The fourth-order valence-corrected chi connectivity index (χ4v) is 1.64. The van der Waals surface area contributed by atoms with Crippen LogP contribution in [-0.2, 0) is 5.54 Å². The molecular formula is C8H13N3O. The molecule has 4 heteroatoms. The molecule has 1 saturated carbocycles. The van der Waals surface area contributed by atoms with Gasteiger partial charge in [0.05, 0.1) is 24.0 Å². The lowest BCUT2D eigenvalue weighted by molar-refractivity contribution is 0.0439. The molecule has 4 nitrogen and oxygen atoms in total. The molecule has 1 heterocycles. The molecule has 0 unspecified atom stereocenters. The van der Waals surface area contributed by atoms with Crippen LogP contribution >= 0.6 is 0 Å². The van der Waals surface area contributed by atoms with E-state index < -0.39 is 0 Å². The van der Waals surface area contributed by atoms with E-state index in [1.807, 2.05) is 0 Å². The molecule has 3 N–H and O–H groups in total. The average molecular weight is 167 g/mol. The first-order chi connectivity index (χ1) is 5.77. The standard InChI is InChI=1S/C8H13N3O/c9-7-4-10-11(5-7)8(6-12)2-1-3-8/h4-5,12H,1-3,6,9H2. The summed E-state index contributed by atoms with van der Waals surface area (Å²) in [7, 11) is 0. The first kappa shape index (κ1) is 7.61. The number of rotatable bonds is 2. The Balaban J connectivity index is 2.27. The van der Waals surface area contributed by atoms with Gasteiger partial charge in [-0.3, -0.25) is 4.68 Å². The van der Waals surface area contributed by atoms with Gasteiger partial charge in [-0.15, -0.1) is 0 Å². The topological polar surface area (TPSA) is 64.1 Å². The molecule has 0 aliphatic heterocycles. The SMILES string of the molecule is Nc1cnn(C2(CO)CCC2)c1. The van der Waals surface area contributed by atoms with Gasteiger partial charge in [0, 0.05) is 6.20 Å². The van der Waals surface area contributed by atoms with Crippen molar-refractivity contribution in [2.24, 2.45) is 0 Å². The zero-order valence-electron chi connectivity index (χ0n) is 6.90. The van der Waals surface area contributed by atoms with E-state index in [4.69, 9.17) is 5.73 Å². The highest BCUT2D eigenvalue weighted by Crippen LogP contribution is 2.38. The minimum Gasteiger partial charge on any atom is -0.396 e. The summed E-state index contributed by atoms with van der Waals surface area (Å²) < 4.78 is 1.80. The molecule has 0 aromatic carbocycles. The van der Waals surface area contributed by atoms with Gasteiger partial charge in [-0.05, 0) is 19.3 Å². The van der Waals surface area contributed by atoms with Crippen LogP contribution in [0.15, 0.2) is 12.4 Å². The van der Waals surface area contributed by atoms with Gasteiger partial charge in [-0.25, -0.2) is 0 Å². The second-order valence-electron chi connectivity index (χ2n) is 3.45. The molecule has 1 aliphatic carbocycles. The van der Waals surface area contributed by atoms with Crippen LogP contribution in [0.1, 0.15) is 19.3 Å². The Morgan fingerprint density at radius 3 is 2.75 bits per heavy atom. The summed E-state index contributed by atoms with van der Waals surface area (Å²) in [5.74, 6) is 0. The molecule has 0 saturated heterocycles. The number of aromatic nitrogens is 2. The average Bonchev–Trinajstić information content (AvgIpc) is 2.35. The lowest BCUT2D eigenvalue weighted by Gasteiger charge is -2.40. The van der Waals surface area contributed by atoms with Gasteiger partial charge in [-0.1, -0.05) is 0 Å². The molecule has 1 aliphatic rings. The predicted octanol–water partition coefficient (Wildman–Crippen LogP) is 0.337. The summed E-state index contributed by atoms with van der Waals surface area (Å²) in [5, 5.41) is 13.3. The van der Waals surface area contributed by atoms with E-state index in [0.717, 1.165) is 12.8 Å². The summed E-state index contributed by atoms with van der Waals surface area (Å²) >= 11 is 0. The fourth-order valence-electron chi connectivity index (χ4n) is 1.64. The predicted molar refractivity (Wildman–Crippen MR) is 45.6 cm³/mol. The van der Waals surface area contributed by atoms with Crippen molar-refractivity contribution < 1.29 is 5.11 Å². The third-order valence-corrected chi connectivity index (χ3v) is 2.67. The molecule has 0 bridgehead atoms. The molecule has 1 aromatic heterocycles. The minimum absolute atomic E-state index is 0.141. The molecule has 66 valence electrons. The van der Waals surface area contributed by atoms with Crippen LogP contribution in [0.5, 0.6) is 0 Å². The number of aliphatic hydroxyl groups is 1. The van der Waals surface area contributed by atoms with Crippen molar-refractivity contribution in [3.05, 3.63) is 12.4 Å². The van der Waals surface area contributed by atoms with Crippen LogP contribution in [-0.4, -0.2) is 21.5 Å². The summed E-state index contributed by atoms with van der Waals surface area (Å²) in [4.78, 5) is 0. The first-order valence-corrected chi connectivity index (χ1v) is 4.18. The van der Waals surface area contributed by atoms with Crippen LogP contribution in [0.25, 0.3) is 0 Å².